The molecule has 1 aromatic heterocycles. The van der Waals surface area contributed by atoms with Crippen LogP contribution in [0.1, 0.15) is 51.6 Å². The Morgan fingerprint density at radius 1 is 1.40 bits per heavy atom. The molecule has 1 heterocycles. The Morgan fingerprint density at radius 3 is 2.95 bits per heavy atom. The molecule has 1 unspecified atom stereocenters. The van der Waals surface area contributed by atoms with E-state index in [0.29, 0.717) is 0 Å². The predicted octanol–water partition coefficient (Wildman–Crippen LogP) is 3.12. The minimum Gasteiger partial charge on any atom is -0.477 e. The quantitative estimate of drug-likeness (QED) is 0.912. The number of nitrogens with zero attached hydrogens (tertiary/aromatic N) is 2. The number of carboxylic acids is 1. The number of hydrogen-bond donors (Lipinski definition) is 1. The third-order valence-corrected chi connectivity index (χ3v) is 4.14. The lowest BCUT2D eigenvalue weighted by Crippen LogP contribution is -2.21. The molecule has 4 heteroatoms. The zero-order chi connectivity index (χ0) is 14.3. The van der Waals surface area contributed by atoms with Gasteiger partial charge >= 0.3 is 5.97 Å². The van der Waals surface area contributed by atoms with Crippen LogP contribution in [-0.2, 0) is 6.42 Å². The van der Waals surface area contributed by atoms with Crippen molar-refractivity contribution in [3.63, 3.8) is 0 Å². The van der Waals surface area contributed by atoms with E-state index in [1.165, 1.54) is 28.5 Å². The molecule has 2 aromatic rings. The fourth-order valence-corrected chi connectivity index (χ4v) is 3.30. The summed E-state index contributed by atoms with van der Waals surface area (Å²) in [5.41, 5.74) is 5.43. The number of rotatable bonds is 2. The van der Waals surface area contributed by atoms with Crippen LogP contribution >= 0.6 is 0 Å². The molecule has 0 spiro atoms. The summed E-state index contributed by atoms with van der Waals surface area (Å²) in [4.78, 5) is 15.3. The summed E-state index contributed by atoms with van der Waals surface area (Å²) in [6.07, 6.45) is 6.19. The van der Waals surface area contributed by atoms with E-state index < -0.39 is 5.97 Å². The number of benzene rings is 1. The molecule has 1 aliphatic rings. The fourth-order valence-electron chi connectivity index (χ4n) is 3.30. The first-order chi connectivity index (χ1) is 9.58. The van der Waals surface area contributed by atoms with Crippen LogP contribution in [0.4, 0.5) is 0 Å². The van der Waals surface area contributed by atoms with Crippen molar-refractivity contribution in [2.45, 2.75) is 39.2 Å². The van der Waals surface area contributed by atoms with Crippen LogP contribution in [0.2, 0.25) is 0 Å². The number of carbonyl (C=O) groups is 1. The standard InChI is InChI=1S/C16H18N2O2/c1-10-6-11(2)12-4-3-5-14(13(12)7-10)18-9-17-8-15(18)16(19)20/h6-9,14H,3-5H2,1-2H3,(H,19,20). The van der Waals surface area contributed by atoms with E-state index in [2.05, 4.69) is 31.0 Å². The van der Waals surface area contributed by atoms with Crippen molar-refractivity contribution in [1.29, 1.82) is 0 Å². The molecule has 0 amide bonds. The lowest BCUT2D eigenvalue weighted by molar-refractivity contribution is 0.0683. The molecule has 20 heavy (non-hydrogen) atoms. The maximum absolute atomic E-state index is 11.3. The third-order valence-electron chi connectivity index (χ3n) is 4.14. The Morgan fingerprint density at radius 2 is 2.20 bits per heavy atom. The van der Waals surface area contributed by atoms with Gasteiger partial charge in [0.1, 0.15) is 5.69 Å². The van der Waals surface area contributed by atoms with Crippen LogP contribution in [0.25, 0.3) is 0 Å². The summed E-state index contributed by atoms with van der Waals surface area (Å²) in [5, 5.41) is 9.28. The molecule has 0 aliphatic heterocycles. The largest absolute Gasteiger partial charge is 0.477 e. The number of aromatic carboxylic acids is 1. The van der Waals surface area contributed by atoms with Gasteiger partial charge in [0.05, 0.1) is 18.6 Å². The van der Waals surface area contributed by atoms with Gasteiger partial charge in [-0.2, -0.15) is 0 Å². The van der Waals surface area contributed by atoms with Crippen molar-refractivity contribution in [2.75, 3.05) is 0 Å². The molecular formula is C16H18N2O2. The lowest BCUT2D eigenvalue weighted by atomic mass is 9.84. The van der Waals surface area contributed by atoms with Crippen molar-refractivity contribution in [3.05, 3.63) is 52.6 Å². The molecule has 0 saturated heterocycles. The predicted molar refractivity (Wildman–Crippen MR) is 76.2 cm³/mol. The molecule has 0 fully saturated rings. The highest BCUT2D eigenvalue weighted by molar-refractivity contribution is 5.85. The van der Waals surface area contributed by atoms with Crippen LogP contribution in [-0.4, -0.2) is 20.6 Å². The molecule has 1 atom stereocenters. The SMILES string of the molecule is Cc1cc(C)c2c(c1)C(n1cncc1C(=O)O)CCC2. The van der Waals surface area contributed by atoms with Gasteiger partial charge in [-0.15, -0.1) is 0 Å². The first kappa shape index (κ1) is 12.9. The van der Waals surface area contributed by atoms with Gasteiger partial charge < -0.3 is 9.67 Å². The highest BCUT2D eigenvalue weighted by Gasteiger charge is 2.26. The van der Waals surface area contributed by atoms with E-state index in [0.717, 1.165) is 19.3 Å². The molecule has 104 valence electrons. The van der Waals surface area contributed by atoms with E-state index in [1.807, 2.05) is 0 Å². The second-order valence-electron chi connectivity index (χ2n) is 5.55. The van der Waals surface area contributed by atoms with Crippen molar-refractivity contribution in [3.8, 4) is 0 Å². The van der Waals surface area contributed by atoms with E-state index >= 15 is 0 Å². The number of imidazole rings is 1. The minimum absolute atomic E-state index is 0.0888. The number of carboxylic acid groups (broad SMARTS) is 1. The van der Waals surface area contributed by atoms with Gasteiger partial charge in [0.25, 0.3) is 0 Å². The van der Waals surface area contributed by atoms with Gasteiger partial charge in [-0.3, -0.25) is 0 Å². The second kappa shape index (κ2) is 4.78. The van der Waals surface area contributed by atoms with Crippen LogP contribution < -0.4 is 0 Å². The molecule has 1 aliphatic carbocycles. The Balaban J connectivity index is 2.14. The van der Waals surface area contributed by atoms with Gasteiger partial charge in [0.2, 0.25) is 0 Å². The van der Waals surface area contributed by atoms with E-state index in [1.54, 1.807) is 10.9 Å². The maximum atomic E-state index is 11.3. The van der Waals surface area contributed by atoms with Gasteiger partial charge in [0.15, 0.2) is 0 Å². The van der Waals surface area contributed by atoms with E-state index in [9.17, 15) is 9.90 Å². The first-order valence-corrected chi connectivity index (χ1v) is 6.93. The normalized spacial score (nSPS) is 17.8. The van der Waals surface area contributed by atoms with Gasteiger partial charge in [0, 0.05) is 0 Å². The molecule has 0 radical (unpaired) electrons. The van der Waals surface area contributed by atoms with Crippen LogP contribution in [0, 0.1) is 13.8 Å². The van der Waals surface area contributed by atoms with Crippen molar-refractivity contribution >= 4 is 5.97 Å². The minimum atomic E-state index is -0.918. The summed E-state index contributed by atoms with van der Waals surface area (Å²) in [6, 6.07) is 4.48. The number of hydrogen-bond acceptors (Lipinski definition) is 2. The number of aryl methyl sites for hydroxylation is 2. The van der Waals surface area contributed by atoms with Crippen LogP contribution in [0.3, 0.4) is 0 Å². The summed E-state index contributed by atoms with van der Waals surface area (Å²) < 4.78 is 1.80. The Labute approximate surface area is 118 Å². The van der Waals surface area contributed by atoms with Crippen molar-refractivity contribution in [1.82, 2.24) is 9.55 Å². The van der Waals surface area contributed by atoms with Crippen molar-refractivity contribution in [2.24, 2.45) is 0 Å². The van der Waals surface area contributed by atoms with Gasteiger partial charge in [-0.25, -0.2) is 9.78 Å². The monoisotopic (exact) mass is 270 g/mol. The molecular weight excluding hydrogens is 252 g/mol. The molecule has 4 nitrogen and oxygen atoms in total. The highest BCUT2D eigenvalue weighted by atomic mass is 16.4. The number of fused-ring (bicyclic) bond motifs is 1. The molecule has 3 rings (SSSR count). The smallest absolute Gasteiger partial charge is 0.354 e. The molecule has 0 bridgehead atoms. The maximum Gasteiger partial charge on any atom is 0.354 e. The Hall–Kier alpha value is -2.10. The lowest BCUT2D eigenvalue weighted by Gasteiger charge is -2.29. The Kier molecular flexibility index (Phi) is 3.08. The topological polar surface area (TPSA) is 55.1 Å². The van der Waals surface area contributed by atoms with Crippen molar-refractivity contribution < 1.29 is 9.90 Å². The zero-order valence-electron chi connectivity index (χ0n) is 11.8. The molecule has 1 N–H and O–H groups in total. The summed E-state index contributed by atoms with van der Waals surface area (Å²) in [7, 11) is 0. The van der Waals surface area contributed by atoms with E-state index in [4.69, 9.17) is 0 Å². The average Bonchev–Trinajstić information content (AvgIpc) is 2.87. The van der Waals surface area contributed by atoms with Gasteiger partial charge in [-0.05, 0) is 49.8 Å². The molecule has 0 saturated carbocycles. The third kappa shape index (κ3) is 2.01. The first-order valence-electron chi connectivity index (χ1n) is 6.93. The fraction of sp³-hybridized carbons (Fsp3) is 0.375. The highest BCUT2D eigenvalue weighted by Crippen LogP contribution is 2.35. The van der Waals surface area contributed by atoms with Crippen LogP contribution in [0.15, 0.2) is 24.7 Å². The summed E-state index contributed by atoms with van der Waals surface area (Å²) >= 11 is 0. The van der Waals surface area contributed by atoms with Gasteiger partial charge in [-0.1, -0.05) is 17.7 Å². The average molecular weight is 270 g/mol. The summed E-state index contributed by atoms with van der Waals surface area (Å²) in [6.45, 7) is 4.23. The summed E-state index contributed by atoms with van der Waals surface area (Å²) in [5.74, 6) is -0.918. The second-order valence-corrected chi connectivity index (χ2v) is 5.55. The van der Waals surface area contributed by atoms with E-state index in [-0.39, 0.29) is 11.7 Å². The Bertz CT molecular complexity index is 673. The van der Waals surface area contributed by atoms with Crippen LogP contribution in [0.5, 0.6) is 0 Å². The molecule has 1 aromatic carbocycles. The number of aromatic nitrogens is 2. The zero-order valence-corrected chi connectivity index (χ0v) is 11.8.